The fourth-order valence-corrected chi connectivity index (χ4v) is 2.70. The monoisotopic (exact) mass is 197 g/mol. The normalized spacial score (nSPS) is 36.6. The molecule has 1 heterocycles. The van der Waals surface area contributed by atoms with Crippen LogP contribution in [0.25, 0.3) is 0 Å². The molecule has 0 amide bonds. The highest BCUT2D eigenvalue weighted by Crippen LogP contribution is 2.22. The van der Waals surface area contributed by atoms with Crippen molar-refractivity contribution in [2.45, 2.75) is 44.2 Å². The van der Waals surface area contributed by atoms with E-state index in [9.17, 15) is 0 Å². The summed E-state index contributed by atoms with van der Waals surface area (Å²) >= 11 is 0. The van der Waals surface area contributed by atoms with E-state index >= 15 is 0 Å². The second-order valence-electron chi connectivity index (χ2n) is 4.71. The SMILES string of the molecule is NC1CCC(N2CCCNCC2)CC1. The maximum absolute atomic E-state index is 5.93. The molecule has 2 fully saturated rings. The van der Waals surface area contributed by atoms with E-state index in [0.717, 1.165) is 6.04 Å². The highest BCUT2D eigenvalue weighted by molar-refractivity contribution is 4.82. The Labute approximate surface area is 87.0 Å². The van der Waals surface area contributed by atoms with E-state index in [1.165, 1.54) is 58.3 Å². The number of hydrogen-bond acceptors (Lipinski definition) is 3. The zero-order valence-electron chi connectivity index (χ0n) is 9.04. The molecular weight excluding hydrogens is 174 g/mol. The number of nitrogens with zero attached hydrogens (tertiary/aromatic N) is 1. The maximum Gasteiger partial charge on any atom is 0.0110 e. The van der Waals surface area contributed by atoms with Crippen LogP contribution in [-0.4, -0.2) is 43.2 Å². The van der Waals surface area contributed by atoms with Crippen molar-refractivity contribution >= 4 is 0 Å². The molecular formula is C11H23N3. The first-order valence-electron chi connectivity index (χ1n) is 6.06. The summed E-state index contributed by atoms with van der Waals surface area (Å²) < 4.78 is 0. The molecule has 0 atom stereocenters. The van der Waals surface area contributed by atoms with Crippen LogP contribution < -0.4 is 11.1 Å². The number of nitrogens with one attached hydrogen (secondary N) is 1. The number of hydrogen-bond donors (Lipinski definition) is 2. The minimum absolute atomic E-state index is 0.483. The van der Waals surface area contributed by atoms with Crippen LogP contribution in [0.4, 0.5) is 0 Å². The van der Waals surface area contributed by atoms with E-state index in [2.05, 4.69) is 10.2 Å². The van der Waals surface area contributed by atoms with Gasteiger partial charge < -0.3 is 11.1 Å². The quantitative estimate of drug-likeness (QED) is 0.645. The largest absolute Gasteiger partial charge is 0.328 e. The Hall–Kier alpha value is -0.120. The molecule has 14 heavy (non-hydrogen) atoms. The van der Waals surface area contributed by atoms with E-state index in [0.29, 0.717) is 6.04 Å². The van der Waals surface area contributed by atoms with E-state index in [1.807, 2.05) is 0 Å². The van der Waals surface area contributed by atoms with Gasteiger partial charge in [0.1, 0.15) is 0 Å². The Balaban J connectivity index is 1.81. The van der Waals surface area contributed by atoms with Crippen molar-refractivity contribution < 1.29 is 0 Å². The van der Waals surface area contributed by atoms with Crippen molar-refractivity contribution in [3.8, 4) is 0 Å². The second kappa shape index (κ2) is 5.10. The molecule has 1 saturated heterocycles. The molecule has 1 aliphatic carbocycles. The van der Waals surface area contributed by atoms with Gasteiger partial charge in [0.05, 0.1) is 0 Å². The van der Waals surface area contributed by atoms with E-state index in [-0.39, 0.29) is 0 Å². The zero-order valence-corrected chi connectivity index (χ0v) is 9.04. The van der Waals surface area contributed by atoms with Gasteiger partial charge in [-0.15, -0.1) is 0 Å². The molecule has 1 saturated carbocycles. The summed E-state index contributed by atoms with van der Waals surface area (Å²) in [6, 6.07) is 1.31. The molecule has 0 spiro atoms. The predicted octanol–water partition coefficient (Wildman–Crippen LogP) is 0.552. The standard InChI is InChI=1S/C11H23N3/c12-10-2-4-11(5-3-10)14-8-1-6-13-7-9-14/h10-11,13H,1-9,12H2. The first-order valence-corrected chi connectivity index (χ1v) is 6.06. The third-order valence-corrected chi connectivity index (χ3v) is 3.63. The van der Waals surface area contributed by atoms with Crippen molar-refractivity contribution in [1.82, 2.24) is 10.2 Å². The van der Waals surface area contributed by atoms with Crippen molar-refractivity contribution in [3.05, 3.63) is 0 Å². The van der Waals surface area contributed by atoms with E-state index in [1.54, 1.807) is 0 Å². The minimum Gasteiger partial charge on any atom is -0.328 e. The average molecular weight is 197 g/mol. The van der Waals surface area contributed by atoms with Gasteiger partial charge in [-0.2, -0.15) is 0 Å². The second-order valence-corrected chi connectivity index (χ2v) is 4.71. The predicted molar refractivity (Wildman–Crippen MR) is 59.3 cm³/mol. The van der Waals surface area contributed by atoms with Crippen LogP contribution in [0.5, 0.6) is 0 Å². The Morgan fingerprint density at radius 1 is 1.00 bits per heavy atom. The van der Waals surface area contributed by atoms with Crippen molar-refractivity contribution in [3.63, 3.8) is 0 Å². The maximum atomic E-state index is 5.93. The summed E-state index contributed by atoms with van der Waals surface area (Å²) in [6.45, 7) is 4.89. The molecule has 0 aromatic heterocycles. The topological polar surface area (TPSA) is 41.3 Å². The lowest BCUT2D eigenvalue weighted by molar-refractivity contribution is 0.159. The molecule has 0 bridgehead atoms. The van der Waals surface area contributed by atoms with E-state index in [4.69, 9.17) is 5.73 Å². The molecule has 0 unspecified atom stereocenters. The Kier molecular flexibility index (Phi) is 3.79. The summed E-state index contributed by atoms with van der Waals surface area (Å²) in [5, 5.41) is 3.46. The number of rotatable bonds is 1. The third-order valence-electron chi connectivity index (χ3n) is 3.63. The summed E-state index contributed by atoms with van der Waals surface area (Å²) in [4.78, 5) is 2.67. The lowest BCUT2D eigenvalue weighted by atomic mass is 9.90. The molecule has 2 aliphatic rings. The summed E-state index contributed by atoms with van der Waals surface area (Å²) in [6.07, 6.45) is 6.41. The van der Waals surface area contributed by atoms with Crippen LogP contribution in [0.1, 0.15) is 32.1 Å². The van der Waals surface area contributed by atoms with Gasteiger partial charge in [0.15, 0.2) is 0 Å². The number of nitrogens with two attached hydrogens (primary N) is 1. The lowest BCUT2D eigenvalue weighted by Crippen LogP contribution is -2.42. The minimum atomic E-state index is 0.483. The highest BCUT2D eigenvalue weighted by atomic mass is 15.2. The molecule has 3 N–H and O–H groups in total. The van der Waals surface area contributed by atoms with E-state index < -0.39 is 0 Å². The van der Waals surface area contributed by atoms with Crippen LogP contribution in [0.3, 0.4) is 0 Å². The van der Waals surface area contributed by atoms with Crippen molar-refractivity contribution in [1.29, 1.82) is 0 Å². The third kappa shape index (κ3) is 2.69. The first-order chi connectivity index (χ1) is 6.86. The van der Waals surface area contributed by atoms with Crippen LogP contribution in [-0.2, 0) is 0 Å². The average Bonchev–Trinajstić information content (AvgIpc) is 2.47. The molecule has 0 radical (unpaired) electrons. The van der Waals surface area contributed by atoms with Gasteiger partial charge in [0.25, 0.3) is 0 Å². The molecule has 2 rings (SSSR count). The smallest absolute Gasteiger partial charge is 0.0110 e. The van der Waals surface area contributed by atoms with Crippen molar-refractivity contribution in [2.75, 3.05) is 26.2 Å². The molecule has 1 aliphatic heterocycles. The van der Waals surface area contributed by atoms with Crippen LogP contribution >= 0.6 is 0 Å². The van der Waals surface area contributed by atoms with Gasteiger partial charge in [-0.1, -0.05) is 0 Å². The molecule has 3 heteroatoms. The highest BCUT2D eigenvalue weighted by Gasteiger charge is 2.24. The van der Waals surface area contributed by atoms with Gasteiger partial charge in [-0.05, 0) is 45.2 Å². The van der Waals surface area contributed by atoms with Crippen LogP contribution in [0.2, 0.25) is 0 Å². The van der Waals surface area contributed by atoms with Crippen LogP contribution in [0.15, 0.2) is 0 Å². The Bertz CT molecular complexity index is 156. The lowest BCUT2D eigenvalue weighted by Gasteiger charge is -2.35. The van der Waals surface area contributed by atoms with Crippen LogP contribution in [0, 0.1) is 0 Å². The van der Waals surface area contributed by atoms with Gasteiger partial charge in [-0.3, -0.25) is 4.90 Å². The molecule has 0 aromatic carbocycles. The fourth-order valence-electron chi connectivity index (χ4n) is 2.70. The van der Waals surface area contributed by atoms with Gasteiger partial charge in [0, 0.05) is 25.2 Å². The molecule has 0 aromatic rings. The Morgan fingerprint density at radius 3 is 2.57 bits per heavy atom. The first kappa shape index (κ1) is 10.4. The molecule has 3 nitrogen and oxygen atoms in total. The fraction of sp³-hybridized carbons (Fsp3) is 1.00. The summed E-state index contributed by atoms with van der Waals surface area (Å²) in [5.41, 5.74) is 5.93. The van der Waals surface area contributed by atoms with Gasteiger partial charge >= 0.3 is 0 Å². The zero-order chi connectivity index (χ0) is 9.80. The van der Waals surface area contributed by atoms with Gasteiger partial charge in [0.2, 0.25) is 0 Å². The summed E-state index contributed by atoms with van der Waals surface area (Å²) in [7, 11) is 0. The molecule has 82 valence electrons. The van der Waals surface area contributed by atoms with Crippen molar-refractivity contribution in [2.24, 2.45) is 5.73 Å². The Morgan fingerprint density at radius 2 is 1.79 bits per heavy atom. The summed E-state index contributed by atoms with van der Waals surface area (Å²) in [5.74, 6) is 0. The van der Waals surface area contributed by atoms with Gasteiger partial charge in [-0.25, -0.2) is 0 Å².